The number of hydrogen-bond donors (Lipinski definition) is 2. The van der Waals surface area contributed by atoms with Crippen LogP contribution >= 0.6 is 28.1 Å². The van der Waals surface area contributed by atoms with Gasteiger partial charge in [-0.25, -0.2) is 0 Å². The van der Waals surface area contributed by atoms with Gasteiger partial charge in [0.1, 0.15) is 11.3 Å². The minimum Gasteiger partial charge on any atom is -0.504 e. The Hall–Kier alpha value is -2.91. The minimum absolute atomic E-state index is 0.0142. The van der Waals surface area contributed by atoms with Gasteiger partial charge in [0.15, 0.2) is 16.6 Å². The number of phenolic OH excluding ortho intramolecular Hbond substituents is 1. The summed E-state index contributed by atoms with van der Waals surface area (Å²) < 4.78 is 10.7. The number of nitrogens with one attached hydrogen (secondary N) is 1. The number of ether oxygens (including phenoxy) is 2. The Bertz CT molecular complexity index is 1000. The molecule has 0 aliphatic carbocycles. The van der Waals surface area contributed by atoms with Crippen LogP contribution in [0.5, 0.6) is 17.2 Å². The predicted molar refractivity (Wildman–Crippen MR) is 112 cm³/mol. The van der Waals surface area contributed by atoms with E-state index < -0.39 is 11.8 Å². The average Bonchev–Trinajstić information content (AvgIpc) is 2.67. The number of carbonyl (C=O) groups is 2. The number of methoxy groups -OCH3 is 2. The molecule has 1 aliphatic heterocycles. The van der Waals surface area contributed by atoms with E-state index in [-0.39, 0.29) is 22.2 Å². The third-order valence-electron chi connectivity index (χ3n) is 4.03. The van der Waals surface area contributed by atoms with Crippen molar-refractivity contribution in [1.29, 1.82) is 0 Å². The van der Waals surface area contributed by atoms with E-state index in [4.69, 9.17) is 21.7 Å². The van der Waals surface area contributed by atoms with Crippen LogP contribution in [0.3, 0.4) is 0 Å². The number of aromatic hydroxyl groups is 1. The fraction of sp³-hybridized carbons (Fsp3) is 0.105. The molecule has 2 amide bonds. The molecule has 0 unspecified atom stereocenters. The zero-order valence-corrected chi connectivity index (χ0v) is 17.3. The third kappa shape index (κ3) is 3.71. The first kappa shape index (κ1) is 19.8. The van der Waals surface area contributed by atoms with Crippen molar-refractivity contribution in [3.05, 3.63) is 52.0 Å². The molecular formula is C19H15BrN2O5S. The lowest BCUT2D eigenvalue weighted by Gasteiger charge is -2.29. The van der Waals surface area contributed by atoms with Crippen molar-refractivity contribution in [2.24, 2.45) is 0 Å². The molecule has 1 saturated heterocycles. The molecule has 1 fully saturated rings. The quantitative estimate of drug-likeness (QED) is 0.412. The molecule has 0 spiro atoms. The van der Waals surface area contributed by atoms with Crippen LogP contribution in [0.15, 0.2) is 46.4 Å². The Morgan fingerprint density at radius 2 is 1.82 bits per heavy atom. The molecule has 2 aromatic carbocycles. The van der Waals surface area contributed by atoms with Gasteiger partial charge in [0.25, 0.3) is 11.8 Å². The number of rotatable bonds is 4. The Labute approximate surface area is 174 Å². The van der Waals surface area contributed by atoms with Crippen molar-refractivity contribution in [3.8, 4) is 17.2 Å². The van der Waals surface area contributed by atoms with Gasteiger partial charge in [0.2, 0.25) is 0 Å². The highest BCUT2D eigenvalue weighted by molar-refractivity contribution is 9.10. The molecular weight excluding hydrogens is 448 g/mol. The Morgan fingerprint density at radius 3 is 2.43 bits per heavy atom. The maximum atomic E-state index is 13.0. The summed E-state index contributed by atoms with van der Waals surface area (Å²) in [7, 11) is 2.94. The Kier molecular flexibility index (Phi) is 5.66. The lowest BCUT2D eigenvalue weighted by atomic mass is 10.1. The second-order valence-electron chi connectivity index (χ2n) is 5.70. The molecule has 1 heterocycles. The van der Waals surface area contributed by atoms with Crippen molar-refractivity contribution in [2.45, 2.75) is 0 Å². The summed E-state index contributed by atoms with van der Waals surface area (Å²) >= 11 is 8.49. The molecule has 0 saturated carbocycles. The van der Waals surface area contributed by atoms with Crippen LogP contribution in [0.1, 0.15) is 5.56 Å². The van der Waals surface area contributed by atoms with Crippen LogP contribution in [0, 0.1) is 0 Å². The number of thiocarbonyl (C=S) groups is 1. The SMILES string of the molecule is COc1ccc(N2C(=O)C(=Cc3cc(OC)c(O)cc3Br)C(=O)NC2=S)cc1. The number of carbonyl (C=O) groups excluding carboxylic acids is 2. The van der Waals surface area contributed by atoms with Gasteiger partial charge >= 0.3 is 0 Å². The van der Waals surface area contributed by atoms with E-state index in [0.29, 0.717) is 21.5 Å². The van der Waals surface area contributed by atoms with E-state index in [9.17, 15) is 14.7 Å². The molecule has 0 atom stereocenters. The van der Waals surface area contributed by atoms with Crippen LogP contribution in [-0.4, -0.2) is 36.3 Å². The van der Waals surface area contributed by atoms with Gasteiger partial charge in [-0.05, 0) is 60.3 Å². The second kappa shape index (κ2) is 7.99. The van der Waals surface area contributed by atoms with E-state index >= 15 is 0 Å². The molecule has 2 aromatic rings. The number of nitrogens with zero attached hydrogens (tertiary/aromatic N) is 1. The van der Waals surface area contributed by atoms with Gasteiger partial charge in [-0.2, -0.15) is 0 Å². The van der Waals surface area contributed by atoms with E-state index in [0.717, 1.165) is 0 Å². The topological polar surface area (TPSA) is 88.1 Å². The Morgan fingerprint density at radius 1 is 1.14 bits per heavy atom. The maximum absolute atomic E-state index is 13.0. The number of amides is 2. The molecule has 0 aromatic heterocycles. The van der Waals surface area contributed by atoms with Crippen LogP contribution in [0.2, 0.25) is 0 Å². The molecule has 144 valence electrons. The summed E-state index contributed by atoms with van der Waals surface area (Å²) in [6.45, 7) is 0. The highest BCUT2D eigenvalue weighted by atomic mass is 79.9. The zero-order chi connectivity index (χ0) is 20.4. The summed E-state index contributed by atoms with van der Waals surface area (Å²) in [6.07, 6.45) is 1.40. The zero-order valence-electron chi connectivity index (χ0n) is 14.9. The molecule has 3 rings (SSSR count). The number of benzene rings is 2. The first-order chi connectivity index (χ1) is 13.3. The highest BCUT2D eigenvalue weighted by Gasteiger charge is 2.34. The standard InChI is InChI=1S/C19H15BrN2O5S/c1-26-12-5-3-11(4-6-12)22-18(25)13(17(24)21-19(22)28)7-10-8-16(27-2)15(23)9-14(10)20/h3-9,23H,1-2H3,(H,21,24,28). The van der Waals surface area contributed by atoms with Gasteiger partial charge in [0.05, 0.1) is 19.9 Å². The van der Waals surface area contributed by atoms with Crippen molar-refractivity contribution in [1.82, 2.24) is 5.32 Å². The lowest BCUT2D eigenvalue weighted by molar-refractivity contribution is -0.122. The van der Waals surface area contributed by atoms with Crippen molar-refractivity contribution < 1.29 is 24.2 Å². The number of halogens is 1. The predicted octanol–water partition coefficient (Wildman–Crippen LogP) is 3.00. The van der Waals surface area contributed by atoms with E-state index in [1.165, 1.54) is 37.3 Å². The number of anilines is 1. The summed E-state index contributed by atoms with van der Waals surface area (Å²) in [5, 5.41) is 12.3. The maximum Gasteiger partial charge on any atom is 0.270 e. The summed E-state index contributed by atoms with van der Waals surface area (Å²) in [5.74, 6) is -0.422. The van der Waals surface area contributed by atoms with E-state index in [1.807, 2.05) is 0 Å². The van der Waals surface area contributed by atoms with E-state index in [2.05, 4.69) is 21.2 Å². The summed E-state index contributed by atoms with van der Waals surface area (Å²) in [6, 6.07) is 9.63. The van der Waals surface area contributed by atoms with Gasteiger partial charge in [-0.15, -0.1) is 0 Å². The third-order valence-corrected chi connectivity index (χ3v) is 5.00. The fourth-order valence-electron chi connectivity index (χ4n) is 2.61. The van der Waals surface area contributed by atoms with Crippen LogP contribution in [0.4, 0.5) is 5.69 Å². The normalized spacial score (nSPS) is 15.6. The van der Waals surface area contributed by atoms with Crippen molar-refractivity contribution >= 4 is 56.8 Å². The van der Waals surface area contributed by atoms with Crippen molar-refractivity contribution in [3.63, 3.8) is 0 Å². The molecule has 9 heteroatoms. The van der Waals surface area contributed by atoms with E-state index in [1.54, 1.807) is 24.3 Å². The fourth-order valence-corrected chi connectivity index (χ4v) is 3.34. The minimum atomic E-state index is -0.612. The van der Waals surface area contributed by atoms with Gasteiger partial charge < -0.3 is 14.6 Å². The molecule has 2 N–H and O–H groups in total. The monoisotopic (exact) mass is 462 g/mol. The van der Waals surface area contributed by atoms with Gasteiger partial charge in [-0.3, -0.25) is 19.8 Å². The second-order valence-corrected chi connectivity index (χ2v) is 6.94. The number of phenols is 1. The largest absolute Gasteiger partial charge is 0.504 e. The molecule has 0 radical (unpaired) electrons. The smallest absolute Gasteiger partial charge is 0.270 e. The molecule has 1 aliphatic rings. The number of hydrogen-bond acceptors (Lipinski definition) is 6. The summed E-state index contributed by atoms with van der Waals surface area (Å²) in [4.78, 5) is 26.6. The summed E-state index contributed by atoms with van der Waals surface area (Å²) in [5.41, 5.74) is 0.859. The van der Waals surface area contributed by atoms with Gasteiger partial charge in [0, 0.05) is 4.47 Å². The van der Waals surface area contributed by atoms with Gasteiger partial charge in [-0.1, -0.05) is 15.9 Å². The first-order valence-corrected chi connectivity index (χ1v) is 9.18. The molecule has 7 nitrogen and oxygen atoms in total. The molecule has 0 bridgehead atoms. The molecule has 28 heavy (non-hydrogen) atoms. The van der Waals surface area contributed by atoms with Crippen LogP contribution < -0.4 is 19.7 Å². The highest BCUT2D eigenvalue weighted by Crippen LogP contribution is 2.34. The van der Waals surface area contributed by atoms with Crippen molar-refractivity contribution in [2.75, 3.05) is 19.1 Å². The first-order valence-electron chi connectivity index (χ1n) is 7.97. The Balaban J connectivity index is 2.03. The average molecular weight is 463 g/mol. The van der Waals surface area contributed by atoms with Crippen LogP contribution in [0.25, 0.3) is 6.08 Å². The lowest BCUT2D eigenvalue weighted by Crippen LogP contribution is -2.54. The van der Waals surface area contributed by atoms with Crippen LogP contribution in [-0.2, 0) is 9.59 Å².